The van der Waals surface area contributed by atoms with E-state index < -0.39 is 0 Å². The molecule has 2 aliphatic heterocycles. The molecular weight excluding hydrogens is 226 g/mol. The van der Waals surface area contributed by atoms with Crippen LogP contribution in [-0.2, 0) is 0 Å². The maximum atomic E-state index is 9.53. The van der Waals surface area contributed by atoms with Gasteiger partial charge in [-0.1, -0.05) is 13.0 Å². The van der Waals surface area contributed by atoms with Crippen molar-refractivity contribution in [2.75, 3.05) is 19.7 Å². The van der Waals surface area contributed by atoms with E-state index in [4.69, 9.17) is 4.74 Å². The smallest absolute Gasteiger partial charge is 0.126 e. The molecule has 3 nitrogen and oxygen atoms in total. The molecule has 1 N–H and O–H groups in total. The van der Waals surface area contributed by atoms with Crippen LogP contribution in [-0.4, -0.2) is 35.7 Å². The highest BCUT2D eigenvalue weighted by atomic mass is 16.5. The van der Waals surface area contributed by atoms with E-state index in [-0.39, 0.29) is 0 Å². The van der Waals surface area contributed by atoms with Crippen molar-refractivity contribution in [2.24, 2.45) is 0 Å². The summed E-state index contributed by atoms with van der Waals surface area (Å²) in [5.74, 6) is 1.76. The molecule has 3 rings (SSSR count). The fraction of sp³-hybridized carbons (Fsp3) is 0.600. The van der Waals surface area contributed by atoms with Crippen LogP contribution in [0.2, 0.25) is 0 Å². The second kappa shape index (κ2) is 4.81. The number of hydrogen-bond acceptors (Lipinski definition) is 3. The quantitative estimate of drug-likeness (QED) is 0.872. The normalized spacial score (nSPS) is 27.2. The van der Waals surface area contributed by atoms with Crippen molar-refractivity contribution < 1.29 is 9.84 Å². The van der Waals surface area contributed by atoms with E-state index >= 15 is 0 Å². The van der Waals surface area contributed by atoms with Gasteiger partial charge in [-0.2, -0.15) is 0 Å². The Kier molecular flexibility index (Phi) is 3.16. The zero-order chi connectivity index (χ0) is 12.5. The molecule has 1 fully saturated rings. The minimum atomic E-state index is 0.299. The second-order valence-corrected chi connectivity index (χ2v) is 5.39. The summed E-state index contributed by atoms with van der Waals surface area (Å²) < 4.78 is 5.85. The minimum Gasteiger partial charge on any atom is -0.508 e. The largest absolute Gasteiger partial charge is 0.508 e. The molecule has 0 saturated carbocycles. The van der Waals surface area contributed by atoms with Crippen molar-refractivity contribution in [2.45, 2.75) is 38.1 Å². The first-order valence-corrected chi connectivity index (χ1v) is 6.99. The van der Waals surface area contributed by atoms with Gasteiger partial charge in [-0.05, 0) is 44.0 Å². The summed E-state index contributed by atoms with van der Waals surface area (Å²) in [6.07, 6.45) is 3.71. The van der Waals surface area contributed by atoms with Crippen LogP contribution in [0.4, 0.5) is 0 Å². The Morgan fingerprint density at radius 2 is 2.33 bits per heavy atom. The van der Waals surface area contributed by atoms with E-state index in [9.17, 15) is 5.11 Å². The summed E-state index contributed by atoms with van der Waals surface area (Å²) >= 11 is 0. The molecule has 98 valence electrons. The zero-order valence-electron chi connectivity index (χ0n) is 10.9. The Morgan fingerprint density at radius 1 is 1.44 bits per heavy atom. The van der Waals surface area contributed by atoms with Gasteiger partial charge in [0.25, 0.3) is 0 Å². The highest BCUT2D eigenvalue weighted by Gasteiger charge is 2.37. The third-order valence-corrected chi connectivity index (χ3v) is 4.21. The number of aromatic hydroxyl groups is 1. The molecule has 2 atom stereocenters. The maximum absolute atomic E-state index is 9.53. The summed E-state index contributed by atoms with van der Waals surface area (Å²) in [5.41, 5.74) is 1.28. The Hall–Kier alpha value is -1.22. The first-order chi connectivity index (χ1) is 8.79. The Labute approximate surface area is 108 Å². The lowest BCUT2D eigenvalue weighted by atomic mass is 9.81. The highest BCUT2D eigenvalue weighted by molar-refractivity contribution is 5.44. The van der Waals surface area contributed by atoms with Crippen molar-refractivity contribution in [1.82, 2.24) is 4.90 Å². The van der Waals surface area contributed by atoms with Crippen LogP contribution in [0.25, 0.3) is 0 Å². The number of fused-ring (bicyclic) bond motifs is 3. The average molecular weight is 247 g/mol. The fourth-order valence-corrected chi connectivity index (χ4v) is 3.41. The predicted octanol–water partition coefficient (Wildman–Crippen LogP) is 2.74. The van der Waals surface area contributed by atoms with Gasteiger partial charge in [0.1, 0.15) is 18.1 Å². The number of piperidine rings is 1. The van der Waals surface area contributed by atoms with Gasteiger partial charge in [0.15, 0.2) is 0 Å². The number of ether oxygens (including phenoxy) is 1. The van der Waals surface area contributed by atoms with Gasteiger partial charge in [-0.3, -0.25) is 4.90 Å². The predicted molar refractivity (Wildman–Crippen MR) is 71.2 cm³/mol. The van der Waals surface area contributed by atoms with E-state index in [0.29, 0.717) is 17.7 Å². The first kappa shape index (κ1) is 11.8. The number of hydrogen-bond donors (Lipinski definition) is 1. The van der Waals surface area contributed by atoms with Crippen molar-refractivity contribution >= 4 is 0 Å². The number of rotatable bonds is 2. The average Bonchev–Trinajstić information content (AvgIpc) is 2.38. The van der Waals surface area contributed by atoms with Crippen molar-refractivity contribution in [1.29, 1.82) is 0 Å². The molecule has 2 heterocycles. The van der Waals surface area contributed by atoms with Gasteiger partial charge in [-0.15, -0.1) is 0 Å². The molecule has 0 unspecified atom stereocenters. The van der Waals surface area contributed by atoms with Gasteiger partial charge >= 0.3 is 0 Å². The van der Waals surface area contributed by atoms with Crippen LogP contribution in [0, 0.1) is 0 Å². The number of likely N-dealkylation sites (tertiary alicyclic amines) is 1. The highest BCUT2D eigenvalue weighted by Crippen LogP contribution is 2.42. The molecule has 18 heavy (non-hydrogen) atoms. The summed E-state index contributed by atoms with van der Waals surface area (Å²) in [5, 5.41) is 9.53. The van der Waals surface area contributed by atoms with E-state index in [1.165, 1.54) is 31.4 Å². The Morgan fingerprint density at radius 3 is 3.17 bits per heavy atom. The molecule has 0 radical (unpaired) electrons. The van der Waals surface area contributed by atoms with Crippen molar-refractivity contribution in [3.8, 4) is 11.5 Å². The van der Waals surface area contributed by atoms with Gasteiger partial charge in [0.2, 0.25) is 0 Å². The number of nitrogens with zero attached hydrogens (tertiary/aromatic N) is 1. The SMILES string of the molecule is CCCN1CCC[C@@H]2c3ccc(O)cc3OC[C@H]21. The summed E-state index contributed by atoms with van der Waals surface area (Å²) in [4.78, 5) is 2.57. The zero-order valence-corrected chi connectivity index (χ0v) is 10.9. The molecule has 1 aromatic carbocycles. The molecule has 0 bridgehead atoms. The molecule has 3 heteroatoms. The lowest BCUT2D eigenvalue weighted by molar-refractivity contribution is 0.0658. The molecule has 0 aliphatic carbocycles. The van der Waals surface area contributed by atoms with Gasteiger partial charge in [0, 0.05) is 12.0 Å². The lowest BCUT2D eigenvalue weighted by Gasteiger charge is -2.44. The van der Waals surface area contributed by atoms with Crippen LogP contribution in [0.15, 0.2) is 18.2 Å². The van der Waals surface area contributed by atoms with Crippen LogP contribution in [0.5, 0.6) is 11.5 Å². The number of benzene rings is 1. The monoisotopic (exact) mass is 247 g/mol. The molecule has 0 amide bonds. The third-order valence-electron chi connectivity index (χ3n) is 4.21. The summed E-state index contributed by atoms with van der Waals surface area (Å²) in [6.45, 7) is 5.37. The fourth-order valence-electron chi connectivity index (χ4n) is 3.41. The van der Waals surface area contributed by atoms with Crippen molar-refractivity contribution in [3.63, 3.8) is 0 Å². The molecule has 0 spiro atoms. The third kappa shape index (κ3) is 1.97. The van der Waals surface area contributed by atoms with Crippen LogP contribution >= 0.6 is 0 Å². The molecule has 1 saturated heterocycles. The standard InChI is InChI=1S/C15H21NO2/c1-2-7-16-8-3-4-12-13-6-5-11(17)9-15(13)18-10-14(12)16/h5-6,9,12,14,17H,2-4,7-8,10H2,1H3/t12-,14-/m1/s1. The van der Waals surface area contributed by atoms with Gasteiger partial charge < -0.3 is 9.84 Å². The minimum absolute atomic E-state index is 0.299. The van der Waals surface area contributed by atoms with Crippen molar-refractivity contribution in [3.05, 3.63) is 23.8 Å². The molecule has 0 aromatic heterocycles. The summed E-state index contributed by atoms with van der Waals surface area (Å²) in [6, 6.07) is 6.10. The number of phenolic OH excluding ortho intramolecular Hbond substituents is 1. The topological polar surface area (TPSA) is 32.7 Å². The van der Waals surface area contributed by atoms with Crippen LogP contribution in [0.3, 0.4) is 0 Å². The van der Waals surface area contributed by atoms with Gasteiger partial charge in [-0.25, -0.2) is 0 Å². The van der Waals surface area contributed by atoms with E-state index in [1.807, 2.05) is 6.07 Å². The number of phenols is 1. The van der Waals surface area contributed by atoms with E-state index in [2.05, 4.69) is 11.8 Å². The molecular formula is C15H21NO2. The van der Waals surface area contributed by atoms with Crippen LogP contribution < -0.4 is 4.74 Å². The van der Waals surface area contributed by atoms with E-state index in [1.54, 1.807) is 12.1 Å². The second-order valence-electron chi connectivity index (χ2n) is 5.39. The molecule has 1 aromatic rings. The maximum Gasteiger partial charge on any atom is 0.126 e. The van der Waals surface area contributed by atoms with Crippen LogP contribution in [0.1, 0.15) is 37.7 Å². The Balaban J connectivity index is 1.89. The molecule has 2 aliphatic rings. The van der Waals surface area contributed by atoms with E-state index in [0.717, 1.165) is 18.9 Å². The lowest BCUT2D eigenvalue weighted by Crippen LogP contribution is -2.49. The Bertz CT molecular complexity index is 431. The first-order valence-electron chi connectivity index (χ1n) is 6.99. The van der Waals surface area contributed by atoms with Gasteiger partial charge in [0.05, 0.1) is 6.04 Å². The summed E-state index contributed by atoms with van der Waals surface area (Å²) in [7, 11) is 0.